The maximum atomic E-state index is 10.6. The van der Waals surface area contributed by atoms with Crippen molar-refractivity contribution in [2.45, 2.75) is 33.1 Å². The van der Waals surface area contributed by atoms with Crippen LogP contribution in [0.5, 0.6) is 11.5 Å². The Labute approximate surface area is 137 Å². The summed E-state index contributed by atoms with van der Waals surface area (Å²) in [7, 11) is 0. The molecule has 0 aliphatic rings. The zero-order valence-corrected chi connectivity index (χ0v) is 13.8. The van der Waals surface area contributed by atoms with Crippen LogP contribution in [0.3, 0.4) is 0 Å². The van der Waals surface area contributed by atoms with E-state index < -0.39 is 0 Å². The Bertz CT molecular complexity index is 846. The van der Waals surface area contributed by atoms with Crippen molar-refractivity contribution in [3.05, 3.63) is 70.8 Å². The van der Waals surface area contributed by atoms with E-state index in [1.165, 1.54) is 5.56 Å². The van der Waals surface area contributed by atoms with Gasteiger partial charge in [0.05, 0.1) is 0 Å². The highest BCUT2D eigenvalue weighted by Gasteiger charge is 2.16. The number of benzene rings is 3. The maximum Gasteiger partial charge on any atom is 0.127 e. The zero-order chi connectivity index (χ0) is 16.6. The molecule has 3 rings (SSSR count). The maximum absolute atomic E-state index is 10.6. The van der Waals surface area contributed by atoms with Gasteiger partial charge in [0.1, 0.15) is 11.5 Å². The van der Waals surface area contributed by atoms with Gasteiger partial charge in [-0.15, -0.1) is 0 Å². The van der Waals surface area contributed by atoms with Crippen LogP contribution in [0.25, 0.3) is 10.8 Å². The molecule has 2 heteroatoms. The Morgan fingerprint density at radius 1 is 0.826 bits per heavy atom. The molecule has 0 unspecified atom stereocenters. The highest BCUT2D eigenvalue weighted by Crippen LogP contribution is 2.40. The van der Waals surface area contributed by atoms with Crippen LogP contribution in [0.4, 0.5) is 0 Å². The number of hydrogen-bond donors (Lipinski definition) is 2. The minimum absolute atomic E-state index is 0.257. The number of hydrogen-bond acceptors (Lipinski definition) is 2. The van der Waals surface area contributed by atoms with Crippen molar-refractivity contribution in [1.29, 1.82) is 0 Å². The van der Waals surface area contributed by atoms with Crippen molar-refractivity contribution in [2.75, 3.05) is 0 Å². The minimum atomic E-state index is 0.257. The van der Waals surface area contributed by atoms with Crippen LogP contribution in [-0.2, 0) is 6.42 Å². The molecule has 2 nitrogen and oxygen atoms in total. The molecule has 118 valence electrons. The van der Waals surface area contributed by atoms with E-state index in [9.17, 15) is 10.2 Å². The molecule has 0 amide bonds. The Kier molecular flexibility index (Phi) is 3.99. The topological polar surface area (TPSA) is 40.5 Å². The fourth-order valence-electron chi connectivity index (χ4n) is 3.02. The van der Waals surface area contributed by atoms with Gasteiger partial charge in [-0.3, -0.25) is 0 Å². The second-order valence-electron chi connectivity index (χ2n) is 6.42. The molecule has 0 aromatic heterocycles. The smallest absolute Gasteiger partial charge is 0.127 e. The van der Waals surface area contributed by atoms with Gasteiger partial charge >= 0.3 is 0 Å². The molecular formula is C21H22O2. The first kappa shape index (κ1) is 15.4. The van der Waals surface area contributed by atoms with Crippen LogP contribution in [0, 0.1) is 6.92 Å². The van der Waals surface area contributed by atoms with E-state index in [4.69, 9.17) is 0 Å². The van der Waals surface area contributed by atoms with Crippen LogP contribution in [-0.4, -0.2) is 10.2 Å². The zero-order valence-electron chi connectivity index (χ0n) is 13.8. The molecule has 23 heavy (non-hydrogen) atoms. The number of aromatic hydroxyl groups is 2. The monoisotopic (exact) mass is 306 g/mol. The SMILES string of the molecule is Cc1c(Cc2ccc(C(C)C)cc2)c(O)c2ccccc2c1O. The summed E-state index contributed by atoms with van der Waals surface area (Å²) in [5, 5.41) is 22.5. The predicted molar refractivity (Wildman–Crippen MR) is 95.4 cm³/mol. The summed E-state index contributed by atoms with van der Waals surface area (Å²) in [6, 6.07) is 15.9. The molecule has 3 aromatic rings. The highest BCUT2D eigenvalue weighted by molar-refractivity contribution is 5.95. The second kappa shape index (κ2) is 5.96. The molecule has 0 radical (unpaired) electrons. The quantitative estimate of drug-likeness (QED) is 0.647. The summed E-state index contributed by atoms with van der Waals surface area (Å²) in [6.45, 7) is 6.21. The average Bonchev–Trinajstić information content (AvgIpc) is 2.57. The number of phenolic OH excluding ortho intramolecular Hbond substituents is 2. The summed E-state index contributed by atoms with van der Waals surface area (Å²) >= 11 is 0. The average molecular weight is 306 g/mol. The van der Waals surface area contributed by atoms with Gasteiger partial charge in [-0.05, 0) is 29.5 Å². The van der Waals surface area contributed by atoms with E-state index in [0.29, 0.717) is 23.1 Å². The van der Waals surface area contributed by atoms with Crippen molar-refractivity contribution in [3.8, 4) is 11.5 Å². The third-order valence-corrected chi connectivity index (χ3v) is 4.56. The van der Waals surface area contributed by atoms with Gasteiger partial charge in [-0.25, -0.2) is 0 Å². The fourth-order valence-corrected chi connectivity index (χ4v) is 3.02. The Morgan fingerprint density at radius 3 is 1.96 bits per heavy atom. The summed E-state index contributed by atoms with van der Waals surface area (Å²) in [6.07, 6.45) is 0.606. The Morgan fingerprint density at radius 2 is 1.39 bits per heavy atom. The van der Waals surface area contributed by atoms with Crippen molar-refractivity contribution in [2.24, 2.45) is 0 Å². The van der Waals surface area contributed by atoms with Crippen molar-refractivity contribution in [3.63, 3.8) is 0 Å². The van der Waals surface area contributed by atoms with Gasteiger partial charge in [0.25, 0.3) is 0 Å². The summed E-state index contributed by atoms with van der Waals surface area (Å²) in [5.74, 6) is 1.03. The van der Waals surface area contributed by atoms with Crippen LogP contribution in [0.2, 0.25) is 0 Å². The molecule has 0 aliphatic heterocycles. The normalized spacial score (nSPS) is 11.3. The molecule has 0 heterocycles. The lowest BCUT2D eigenvalue weighted by molar-refractivity contribution is 0.461. The lowest BCUT2D eigenvalue weighted by Crippen LogP contribution is -1.96. The summed E-state index contributed by atoms with van der Waals surface area (Å²) < 4.78 is 0. The molecule has 0 fully saturated rings. The van der Waals surface area contributed by atoms with E-state index in [1.54, 1.807) is 0 Å². The van der Waals surface area contributed by atoms with Crippen LogP contribution in [0.15, 0.2) is 48.5 Å². The van der Waals surface area contributed by atoms with Gasteiger partial charge in [0.15, 0.2) is 0 Å². The summed E-state index contributed by atoms with van der Waals surface area (Å²) in [5.41, 5.74) is 3.96. The van der Waals surface area contributed by atoms with E-state index in [0.717, 1.165) is 16.7 Å². The van der Waals surface area contributed by atoms with Gasteiger partial charge in [0, 0.05) is 22.8 Å². The lowest BCUT2D eigenvalue weighted by atomic mass is 9.93. The van der Waals surface area contributed by atoms with Crippen molar-refractivity contribution in [1.82, 2.24) is 0 Å². The van der Waals surface area contributed by atoms with Crippen LogP contribution in [0.1, 0.15) is 42.0 Å². The first-order chi connectivity index (χ1) is 11.0. The standard InChI is InChI=1S/C21H22O2/c1-13(2)16-10-8-15(9-11-16)12-19-14(3)20(22)17-6-4-5-7-18(17)21(19)23/h4-11,13,22-23H,12H2,1-3H3. The molecule has 0 saturated carbocycles. The second-order valence-corrected chi connectivity index (χ2v) is 6.42. The predicted octanol–water partition coefficient (Wildman–Crippen LogP) is 5.27. The number of phenols is 2. The third kappa shape index (κ3) is 2.77. The van der Waals surface area contributed by atoms with E-state index >= 15 is 0 Å². The molecule has 0 bridgehead atoms. The molecular weight excluding hydrogens is 284 g/mol. The van der Waals surface area contributed by atoms with E-state index in [-0.39, 0.29) is 11.5 Å². The van der Waals surface area contributed by atoms with Crippen molar-refractivity contribution < 1.29 is 10.2 Å². The fraction of sp³-hybridized carbons (Fsp3) is 0.238. The molecule has 0 atom stereocenters. The van der Waals surface area contributed by atoms with Crippen molar-refractivity contribution >= 4 is 10.8 Å². The molecule has 0 spiro atoms. The Balaban J connectivity index is 2.06. The third-order valence-electron chi connectivity index (χ3n) is 4.56. The van der Waals surface area contributed by atoms with E-state index in [2.05, 4.69) is 38.1 Å². The largest absolute Gasteiger partial charge is 0.507 e. The first-order valence-electron chi connectivity index (χ1n) is 8.00. The van der Waals surface area contributed by atoms with Gasteiger partial charge in [-0.1, -0.05) is 62.4 Å². The summed E-state index contributed by atoms with van der Waals surface area (Å²) in [4.78, 5) is 0. The number of fused-ring (bicyclic) bond motifs is 1. The van der Waals surface area contributed by atoms with Gasteiger partial charge < -0.3 is 10.2 Å². The first-order valence-corrected chi connectivity index (χ1v) is 8.00. The molecule has 0 aliphatic carbocycles. The highest BCUT2D eigenvalue weighted by atomic mass is 16.3. The van der Waals surface area contributed by atoms with Crippen LogP contribution >= 0.6 is 0 Å². The minimum Gasteiger partial charge on any atom is -0.507 e. The molecule has 2 N–H and O–H groups in total. The number of rotatable bonds is 3. The van der Waals surface area contributed by atoms with E-state index in [1.807, 2.05) is 31.2 Å². The van der Waals surface area contributed by atoms with Gasteiger partial charge in [-0.2, -0.15) is 0 Å². The Hall–Kier alpha value is -2.48. The van der Waals surface area contributed by atoms with Crippen LogP contribution < -0.4 is 0 Å². The van der Waals surface area contributed by atoms with Gasteiger partial charge in [0.2, 0.25) is 0 Å². The lowest BCUT2D eigenvalue weighted by Gasteiger charge is -2.15. The molecule has 3 aromatic carbocycles. The molecule has 0 saturated heterocycles.